The number of rotatable bonds is 5. The van der Waals surface area contributed by atoms with Gasteiger partial charge in [0.25, 0.3) is 0 Å². The van der Waals surface area contributed by atoms with E-state index in [9.17, 15) is 4.79 Å². The Labute approximate surface area is 177 Å². The Morgan fingerprint density at radius 2 is 1.90 bits per heavy atom. The van der Waals surface area contributed by atoms with Gasteiger partial charge in [0.05, 0.1) is 6.20 Å². The van der Waals surface area contributed by atoms with Gasteiger partial charge in [-0.25, -0.2) is 4.98 Å². The normalized spacial score (nSPS) is 13.8. The average molecular weight is 413 g/mol. The Kier molecular flexibility index (Phi) is 7.46. The van der Waals surface area contributed by atoms with E-state index in [4.69, 9.17) is 10.1 Å². The predicted molar refractivity (Wildman–Crippen MR) is 120 cm³/mol. The summed E-state index contributed by atoms with van der Waals surface area (Å²) in [6.07, 6.45) is 8.39. The fourth-order valence-electron chi connectivity index (χ4n) is 3.60. The van der Waals surface area contributed by atoms with Gasteiger partial charge < -0.3 is 19.9 Å². The molecule has 0 bridgehead atoms. The van der Waals surface area contributed by atoms with E-state index in [0.717, 1.165) is 47.9 Å². The summed E-state index contributed by atoms with van der Waals surface area (Å²) in [5.41, 5.74) is 3.11. The molecule has 0 aromatic carbocycles. The summed E-state index contributed by atoms with van der Waals surface area (Å²) < 4.78 is 3.48. The van der Waals surface area contributed by atoms with Gasteiger partial charge in [-0.15, -0.1) is 0 Å². The highest BCUT2D eigenvalue weighted by atomic mass is 16.2. The third kappa shape index (κ3) is 4.99. The molecule has 4 heterocycles. The lowest BCUT2D eigenvalue weighted by Gasteiger charge is -2.28. The van der Waals surface area contributed by atoms with Crippen molar-refractivity contribution in [3.05, 3.63) is 52.1 Å². The number of aliphatic hydroxyl groups is 1. The molecule has 30 heavy (non-hydrogen) atoms. The molecule has 0 amide bonds. The van der Waals surface area contributed by atoms with Crippen molar-refractivity contribution in [3.8, 4) is 0 Å². The van der Waals surface area contributed by atoms with E-state index in [1.807, 2.05) is 23.0 Å². The monoisotopic (exact) mass is 412 g/mol. The Morgan fingerprint density at radius 3 is 2.57 bits per heavy atom. The third-order valence-electron chi connectivity index (χ3n) is 5.21. The molecule has 2 N–H and O–H groups in total. The smallest absolute Gasteiger partial charge is 0.250 e. The van der Waals surface area contributed by atoms with Gasteiger partial charge in [-0.2, -0.15) is 9.61 Å². The second kappa shape index (κ2) is 10.2. The summed E-state index contributed by atoms with van der Waals surface area (Å²) in [4.78, 5) is 18.9. The molecule has 0 spiro atoms. The molecule has 1 fully saturated rings. The van der Waals surface area contributed by atoms with Gasteiger partial charge in [0, 0.05) is 57.2 Å². The van der Waals surface area contributed by atoms with Crippen LogP contribution < -0.4 is 15.8 Å². The van der Waals surface area contributed by atoms with Crippen LogP contribution in [0.3, 0.4) is 0 Å². The zero-order chi connectivity index (χ0) is 21.5. The summed E-state index contributed by atoms with van der Waals surface area (Å²) in [6, 6.07) is 5.55. The lowest BCUT2D eigenvalue weighted by atomic mass is 10.1. The zero-order valence-electron chi connectivity index (χ0n) is 18.1. The third-order valence-corrected chi connectivity index (χ3v) is 5.21. The Morgan fingerprint density at radius 1 is 1.17 bits per heavy atom. The molecule has 4 rings (SSSR count). The molecule has 8 heteroatoms. The Bertz CT molecular complexity index is 1020. The van der Waals surface area contributed by atoms with Crippen LogP contribution >= 0.6 is 0 Å². The van der Waals surface area contributed by atoms with Gasteiger partial charge in [-0.05, 0) is 38.2 Å². The standard InChI is InChI=1S/C20H26N6O.C2H6O/c1-3-16-13-22-26-17(21-12-15-7-8-19(27)24(2)14-15)11-18(23-20(16)26)25-9-5-4-6-10-25;1-2-3/h7-8,11,13-14,21H,3-6,9-10,12H2,1-2H3;3H,2H2,1H3. The Hall–Kier alpha value is -2.87. The molecule has 0 radical (unpaired) electrons. The molecule has 0 saturated carbocycles. The summed E-state index contributed by atoms with van der Waals surface area (Å²) in [7, 11) is 1.77. The van der Waals surface area contributed by atoms with Crippen molar-refractivity contribution in [2.24, 2.45) is 7.05 Å². The van der Waals surface area contributed by atoms with Gasteiger partial charge in [0.2, 0.25) is 5.56 Å². The van der Waals surface area contributed by atoms with Crippen LogP contribution in [0.5, 0.6) is 0 Å². The first-order chi connectivity index (χ1) is 14.6. The molecule has 162 valence electrons. The number of nitrogens with zero attached hydrogens (tertiary/aromatic N) is 5. The van der Waals surface area contributed by atoms with Gasteiger partial charge in [-0.3, -0.25) is 4.79 Å². The molecule has 0 atom stereocenters. The van der Waals surface area contributed by atoms with Crippen molar-refractivity contribution >= 4 is 17.3 Å². The largest absolute Gasteiger partial charge is 0.397 e. The quantitative estimate of drug-likeness (QED) is 0.670. The molecule has 1 aliphatic heterocycles. The topological polar surface area (TPSA) is 87.7 Å². The van der Waals surface area contributed by atoms with Crippen LogP contribution in [0.25, 0.3) is 5.65 Å². The lowest BCUT2D eigenvalue weighted by Crippen LogP contribution is -2.30. The van der Waals surface area contributed by atoms with Crippen LogP contribution in [-0.4, -0.2) is 44.0 Å². The fourth-order valence-corrected chi connectivity index (χ4v) is 3.60. The zero-order valence-corrected chi connectivity index (χ0v) is 18.1. The number of fused-ring (bicyclic) bond motifs is 1. The Balaban J connectivity index is 0.000000806. The maximum atomic E-state index is 11.6. The number of hydrogen-bond donors (Lipinski definition) is 2. The first-order valence-corrected chi connectivity index (χ1v) is 10.7. The van der Waals surface area contributed by atoms with Crippen molar-refractivity contribution in [2.45, 2.75) is 46.1 Å². The van der Waals surface area contributed by atoms with E-state index in [-0.39, 0.29) is 12.2 Å². The van der Waals surface area contributed by atoms with E-state index in [1.54, 1.807) is 24.6 Å². The van der Waals surface area contributed by atoms with Gasteiger partial charge in [-0.1, -0.05) is 13.0 Å². The van der Waals surface area contributed by atoms with E-state index >= 15 is 0 Å². The van der Waals surface area contributed by atoms with Crippen molar-refractivity contribution in [1.82, 2.24) is 19.2 Å². The van der Waals surface area contributed by atoms with Crippen molar-refractivity contribution in [1.29, 1.82) is 0 Å². The van der Waals surface area contributed by atoms with Crippen LogP contribution in [0.1, 0.15) is 44.2 Å². The molecule has 3 aromatic rings. The van der Waals surface area contributed by atoms with Gasteiger partial charge in [0.1, 0.15) is 11.6 Å². The summed E-state index contributed by atoms with van der Waals surface area (Å²) in [6.45, 7) is 6.79. The van der Waals surface area contributed by atoms with E-state index in [2.05, 4.69) is 28.3 Å². The highest BCUT2D eigenvalue weighted by Gasteiger charge is 2.17. The molecular formula is C22H32N6O2. The summed E-state index contributed by atoms with van der Waals surface area (Å²) >= 11 is 0. The number of aliphatic hydroxyl groups excluding tert-OH is 1. The number of aromatic nitrogens is 4. The van der Waals surface area contributed by atoms with E-state index in [1.165, 1.54) is 19.3 Å². The lowest BCUT2D eigenvalue weighted by molar-refractivity contribution is 0.318. The maximum Gasteiger partial charge on any atom is 0.250 e. The van der Waals surface area contributed by atoms with Gasteiger partial charge >= 0.3 is 0 Å². The molecule has 1 saturated heterocycles. The highest BCUT2D eigenvalue weighted by molar-refractivity contribution is 5.61. The summed E-state index contributed by atoms with van der Waals surface area (Å²) in [5.74, 6) is 1.94. The first-order valence-electron chi connectivity index (χ1n) is 10.7. The fraction of sp³-hybridized carbons (Fsp3) is 0.500. The van der Waals surface area contributed by atoms with Crippen LogP contribution in [0.2, 0.25) is 0 Å². The maximum absolute atomic E-state index is 11.6. The molecule has 8 nitrogen and oxygen atoms in total. The highest BCUT2D eigenvalue weighted by Crippen LogP contribution is 2.24. The SMILES string of the molecule is CCO.CCc1cnn2c(NCc3ccc(=O)n(C)c3)cc(N3CCCCC3)nc12. The van der Waals surface area contributed by atoms with E-state index < -0.39 is 0 Å². The van der Waals surface area contributed by atoms with Crippen molar-refractivity contribution in [3.63, 3.8) is 0 Å². The van der Waals surface area contributed by atoms with E-state index in [0.29, 0.717) is 6.54 Å². The van der Waals surface area contributed by atoms with Gasteiger partial charge in [0.15, 0.2) is 5.65 Å². The minimum Gasteiger partial charge on any atom is -0.397 e. The number of aryl methyl sites for hydroxylation is 2. The number of pyridine rings is 1. The molecular weight excluding hydrogens is 380 g/mol. The first kappa shape index (κ1) is 21.8. The number of piperidine rings is 1. The molecule has 0 unspecified atom stereocenters. The van der Waals surface area contributed by atoms with Crippen LogP contribution in [0.15, 0.2) is 35.4 Å². The second-order valence-corrected chi connectivity index (χ2v) is 7.46. The average Bonchev–Trinajstić information content (AvgIpc) is 3.19. The second-order valence-electron chi connectivity index (χ2n) is 7.46. The van der Waals surface area contributed by atoms with Crippen LogP contribution in [0.4, 0.5) is 11.6 Å². The van der Waals surface area contributed by atoms with Crippen molar-refractivity contribution in [2.75, 3.05) is 29.9 Å². The number of hydrogen-bond acceptors (Lipinski definition) is 6. The minimum atomic E-state index is -0.00269. The number of anilines is 2. The van der Waals surface area contributed by atoms with Crippen LogP contribution in [0, 0.1) is 0 Å². The molecule has 1 aliphatic rings. The molecule has 0 aliphatic carbocycles. The minimum absolute atomic E-state index is 0.00269. The summed E-state index contributed by atoms with van der Waals surface area (Å²) in [5, 5.41) is 15.6. The van der Waals surface area contributed by atoms with Crippen LogP contribution in [-0.2, 0) is 20.0 Å². The molecule has 3 aromatic heterocycles. The van der Waals surface area contributed by atoms with Crippen molar-refractivity contribution < 1.29 is 5.11 Å². The predicted octanol–water partition coefficient (Wildman–Crippen LogP) is 2.59. The number of nitrogens with one attached hydrogen (secondary N) is 1.